The van der Waals surface area contributed by atoms with Crippen LogP contribution in [-0.2, 0) is 12.6 Å². The molecule has 1 aromatic heterocycles. The summed E-state index contributed by atoms with van der Waals surface area (Å²) >= 11 is 0. The van der Waals surface area contributed by atoms with Crippen LogP contribution in [0.4, 0.5) is 24.5 Å². The third-order valence-corrected chi connectivity index (χ3v) is 4.90. The monoisotopic (exact) mass is 369 g/mol. The normalized spacial score (nSPS) is 12.0. The zero-order valence-corrected chi connectivity index (χ0v) is 15.0. The Morgan fingerprint density at radius 2 is 1.44 bits per heavy atom. The van der Waals surface area contributed by atoms with Crippen molar-refractivity contribution < 1.29 is 17.6 Å². The van der Waals surface area contributed by atoms with Crippen molar-refractivity contribution in [1.82, 2.24) is 0 Å². The number of alkyl halides is 3. The van der Waals surface area contributed by atoms with Crippen molar-refractivity contribution in [3.05, 3.63) is 71.8 Å². The predicted octanol–water partition coefficient (Wildman–Crippen LogP) is 6.94. The van der Waals surface area contributed by atoms with E-state index in [-0.39, 0.29) is 5.69 Å². The molecule has 0 aliphatic carbocycles. The third-order valence-electron chi connectivity index (χ3n) is 4.90. The second-order valence-electron chi connectivity index (χ2n) is 6.48. The van der Waals surface area contributed by atoms with E-state index in [1.54, 1.807) is 24.1 Å². The molecule has 0 radical (unpaired) electrons. The van der Waals surface area contributed by atoms with Crippen LogP contribution in [0.5, 0.6) is 0 Å². The number of para-hydroxylation sites is 3. The van der Waals surface area contributed by atoms with Crippen LogP contribution in [0, 0.1) is 0 Å². The van der Waals surface area contributed by atoms with Gasteiger partial charge in [0.1, 0.15) is 5.58 Å². The molecule has 0 atom stereocenters. The number of nitrogens with zero attached hydrogens (tertiary/aromatic N) is 1. The first-order chi connectivity index (χ1) is 12.9. The molecule has 2 nitrogen and oxygen atoms in total. The number of hydrogen-bond donors (Lipinski definition) is 0. The van der Waals surface area contributed by atoms with Gasteiger partial charge in [0, 0.05) is 17.8 Å². The summed E-state index contributed by atoms with van der Waals surface area (Å²) in [5, 5.41) is 1.87. The van der Waals surface area contributed by atoms with Gasteiger partial charge in [-0.2, -0.15) is 13.2 Å². The van der Waals surface area contributed by atoms with Crippen molar-refractivity contribution in [2.24, 2.45) is 0 Å². The first-order valence-corrected chi connectivity index (χ1v) is 8.75. The van der Waals surface area contributed by atoms with Gasteiger partial charge in [0.25, 0.3) is 0 Å². The Balaban J connectivity index is 1.95. The molecule has 1 heterocycles. The molecular weight excluding hydrogens is 351 g/mol. The van der Waals surface area contributed by atoms with Gasteiger partial charge in [-0.3, -0.25) is 0 Å². The Morgan fingerprint density at radius 1 is 0.815 bits per heavy atom. The SMILES string of the molecule is CCc1cccc2c1oc1c(N(C)c3ccccc3C(F)(F)F)cccc12. The van der Waals surface area contributed by atoms with E-state index in [0.29, 0.717) is 11.3 Å². The number of halogens is 3. The maximum atomic E-state index is 13.5. The molecule has 0 unspecified atom stereocenters. The number of furan rings is 1. The van der Waals surface area contributed by atoms with Crippen molar-refractivity contribution in [2.75, 3.05) is 11.9 Å². The molecule has 0 saturated carbocycles. The zero-order valence-electron chi connectivity index (χ0n) is 15.0. The second-order valence-corrected chi connectivity index (χ2v) is 6.48. The average molecular weight is 369 g/mol. The van der Waals surface area contributed by atoms with E-state index in [2.05, 4.69) is 6.92 Å². The molecule has 5 heteroatoms. The molecule has 3 aromatic carbocycles. The first kappa shape index (κ1) is 17.5. The van der Waals surface area contributed by atoms with Gasteiger partial charge in [0.2, 0.25) is 0 Å². The summed E-state index contributed by atoms with van der Waals surface area (Å²) in [6.45, 7) is 2.05. The quantitative estimate of drug-likeness (QED) is 0.389. The first-order valence-electron chi connectivity index (χ1n) is 8.75. The lowest BCUT2D eigenvalue weighted by Gasteiger charge is -2.23. The fourth-order valence-electron chi connectivity index (χ4n) is 3.54. The highest BCUT2D eigenvalue weighted by atomic mass is 19.4. The molecule has 0 fully saturated rings. The van der Waals surface area contributed by atoms with Gasteiger partial charge in [-0.25, -0.2) is 0 Å². The Bertz CT molecular complexity index is 1130. The maximum Gasteiger partial charge on any atom is 0.418 e. The minimum absolute atomic E-state index is 0.0914. The summed E-state index contributed by atoms with van der Waals surface area (Å²) in [6, 6.07) is 17.1. The van der Waals surface area contributed by atoms with E-state index in [1.807, 2.05) is 30.3 Å². The molecule has 0 aliphatic heterocycles. The van der Waals surface area contributed by atoms with E-state index in [0.717, 1.165) is 34.4 Å². The lowest BCUT2D eigenvalue weighted by atomic mass is 10.1. The molecule has 138 valence electrons. The van der Waals surface area contributed by atoms with Crippen LogP contribution in [0.25, 0.3) is 21.9 Å². The summed E-state index contributed by atoms with van der Waals surface area (Å²) in [5.74, 6) is 0. The van der Waals surface area contributed by atoms with Crippen molar-refractivity contribution in [2.45, 2.75) is 19.5 Å². The Hall–Kier alpha value is -2.95. The Labute approximate surface area is 154 Å². The molecular formula is C22H18F3NO. The standard InChI is InChI=1S/C22H18F3NO/c1-3-14-8-6-9-15-16-10-7-13-19(21(16)27-20(14)15)26(2)18-12-5-4-11-17(18)22(23,24)25/h4-13H,3H2,1-2H3. The van der Waals surface area contributed by atoms with Gasteiger partial charge in [-0.15, -0.1) is 0 Å². The topological polar surface area (TPSA) is 16.4 Å². The van der Waals surface area contributed by atoms with Gasteiger partial charge in [0.05, 0.1) is 16.9 Å². The van der Waals surface area contributed by atoms with E-state index >= 15 is 0 Å². The smallest absolute Gasteiger partial charge is 0.418 e. The van der Waals surface area contributed by atoms with Gasteiger partial charge in [-0.1, -0.05) is 49.4 Å². The Morgan fingerprint density at radius 3 is 2.15 bits per heavy atom. The van der Waals surface area contributed by atoms with Crippen LogP contribution >= 0.6 is 0 Å². The summed E-state index contributed by atoms with van der Waals surface area (Å²) in [5.41, 5.74) is 2.48. The summed E-state index contributed by atoms with van der Waals surface area (Å²) in [6.07, 6.45) is -3.61. The molecule has 4 rings (SSSR count). The lowest BCUT2D eigenvalue weighted by Crippen LogP contribution is -2.16. The third kappa shape index (κ3) is 2.83. The summed E-state index contributed by atoms with van der Waals surface area (Å²) in [7, 11) is 1.63. The summed E-state index contributed by atoms with van der Waals surface area (Å²) < 4.78 is 46.5. The number of fused-ring (bicyclic) bond motifs is 3. The summed E-state index contributed by atoms with van der Waals surface area (Å²) in [4.78, 5) is 1.54. The number of anilines is 2. The number of aryl methyl sites for hydroxylation is 1. The molecule has 0 bridgehead atoms. The minimum atomic E-state index is -4.43. The second kappa shape index (κ2) is 6.34. The number of hydrogen-bond acceptors (Lipinski definition) is 2. The molecule has 0 aliphatic rings. The van der Waals surface area contributed by atoms with E-state index in [1.165, 1.54) is 12.1 Å². The molecule has 0 N–H and O–H groups in total. The Kier molecular flexibility index (Phi) is 4.10. The van der Waals surface area contributed by atoms with Crippen LogP contribution < -0.4 is 4.90 Å². The number of benzene rings is 3. The van der Waals surface area contributed by atoms with Crippen molar-refractivity contribution >= 4 is 33.3 Å². The van der Waals surface area contributed by atoms with Crippen LogP contribution in [0.1, 0.15) is 18.1 Å². The van der Waals surface area contributed by atoms with Crippen LogP contribution in [0.2, 0.25) is 0 Å². The van der Waals surface area contributed by atoms with Gasteiger partial charge in [-0.05, 0) is 30.2 Å². The van der Waals surface area contributed by atoms with Crippen LogP contribution in [0.15, 0.2) is 65.1 Å². The fourth-order valence-corrected chi connectivity index (χ4v) is 3.54. The highest BCUT2D eigenvalue weighted by Crippen LogP contribution is 2.42. The average Bonchev–Trinajstić information content (AvgIpc) is 3.05. The zero-order chi connectivity index (χ0) is 19.2. The van der Waals surface area contributed by atoms with Gasteiger partial charge < -0.3 is 9.32 Å². The van der Waals surface area contributed by atoms with Crippen molar-refractivity contribution in [3.63, 3.8) is 0 Å². The van der Waals surface area contributed by atoms with E-state index < -0.39 is 11.7 Å². The van der Waals surface area contributed by atoms with Gasteiger partial charge in [0.15, 0.2) is 5.58 Å². The van der Waals surface area contributed by atoms with Crippen molar-refractivity contribution in [1.29, 1.82) is 0 Å². The van der Waals surface area contributed by atoms with Crippen LogP contribution in [0.3, 0.4) is 0 Å². The van der Waals surface area contributed by atoms with E-state index in [9.17, 15) is 13.2 Å². The fraction of sp³-hybridized carbons (Fsp3) is 0.182. The molecule has 0 spiro atoms. The highest BCUT2D eigenvalue weighted by molar-refractivity contribution is 6.10. The molecule has 0 saturated heterocycles. The largest absolute Gasteiger partial charge is 0.454 e. The predicted molar refractivity (Wildman–Crippen MR) is 103 cm³/mol. The van der Waals surface area contributed by atoms with Gasteiger partial charge >= 0.3 is 6.18 Å². The van der Waals surface area contributed by atoms with Crippen molar-refractivity contribution in [3.8, 4) is 0 Å². The minimum Gasteiger partial charge on any atom is -0.454 e. The molecule has 27 heavy (non-hydrogen) atoms. The lowest BCUT2D eigenvalue weighted by molar-refractivity contribution is -0.137. The molecule has 0 amide bonds. The van der Waals surface area contributed by atoms with E-state index in [4.69, 9.17) is 4.42 Å². The highest BCUT2D eigenvalue weighted by Gasteiger charge is 2.34. The van der Waals surface area contributed by atoms with Crippen LogP contribution in [-0.4, -0.2) is 7.05 Å². The maximum absolute atomic E-state index is 13.5. The number of rotatable bonds is 3. The molecule has 4 aromatic rings.